The topological polar surface area (TPSA) is 35.5 Å². The molecule has 0 bridgehead atoms. The molecule has 0 spiro atoms. The summed E-state index contributed by atoms with van der Waals surface area (Å²) in [6.07, 6.45) is 0. The van der Waals surface area contributed by atoms with Gasteiger partial charge in [-0.2, -0.15) is 0 Å². The van der Waals surface area contributed by atoms with Crippen LogP contribution in [0.5, 0.6) is 5.75 Å². The third kappa shape index (κ3) is 3.35. The Kier molecular flexibility index (Phi) is 4.35. The summed E-state index contributed by atoms with van der Waals surface area (Å²) in [6.45, 7) is 2.20. The smallest absolute Gasteiger partial charge is 0.337 e. The number of benzene rings is 2. The van der Waals surface area contributed by atoms with Gasteiger partial charge in [-0.3, -0.25) is 0 Å². The van der Waals surface area contributed by atoms with Gasteiger partial charge in [0.2, 0.25) is 0 Å². The molecule has 104 valence electrons. The van der Waals surface area contributed by atoms with Gasteiger partial charge in [0.05, 0.1) is 12.7 Å². The number of hydrogen-bond acceptors (Lipinski definition) is 3. The Morgan fingerprint density at radius 1 is 1.15 bits per heavy atom. The van der Waals surface area contributed by atoms with E-state index in [-0.39, 0.29) is 5.82 Å². The number of ether oxygens (including phenoxy) is 2. The SMILES string of the molecule is COC(=O)c1ccc(C)c(OCc2ccc(F)cc2)c1. The molecule has 0 aliphatic rings. The zero-order valence-electron chi connectivity index (χ0n) is 11.4. The quantitative estimate of drug-likeness (QED) is 0.800. The van der Waals surface area contributed by atoms with Crippen molar-refractivity contribution < 1.29 is 18.7 Å². The molecule has 0 unspecified atom stereocenters. The van der Waals surface area contributed by atoms with Crippen LogP contribution >= 0.6 is 0 Å². The molecule has 0 fully saturated rings. The number of esters is 1. The van der Waals surface area contributed by atoms with Gasteiger partial charge in [-0.1, -0.05) is 18.2 Å². The van der Waals surface area contributed by atoms with Gasteiger partial charge in [-0.25, -0.2) is 9.18 Å². The van der Waals surface area contributed by atoms with Gasteiger partial charge in [0.15, 0.2) is 0 Å². The van der Waals surface area contributed by atoms with Crippen LogP contribution in [0, 0.1) is 12.7 Å². The Morgan fingerprint density at radius 3 is 2.50 bits per heavy atom. The van der Waals surface area contributed by atoms with Crippen LogP contribution in [0.15, 0.2) is 42.5 Å². The van der Waals surface area contributed by atoms with E-state index in [2.05, 4.69) is 4.74 Å². The molecule has 3 nitrogen and oxygen atoms in total. The van der Waals surface area contributed by atoms with Crippen molar-refractivity contribution in [2.45, 2.75) is 13.5 Å². The molecule has 0 saturated carbocycles. The summed E-state index contributed by atoms with van der Waals surface area (Å²) in [6, 6.07) is 11.2. The minimum atomic E-state index is -0.406. The second kappa shape index (κ2) is 6.19. The molecule has 4 heteroatoms. The van der Waals surface area contributed by atoms with Crippen molar-refractivity contribution in [1.82, 2.24) is 0 Å². The van der Waals surface area contributed by atoms with Crippen LogP contribution in [0.25, 0.3) is 0 Å². The average Bonchev–Trinajstić information content (AvgIpc) is 2.47. The van der Waals surface area contributed by atoms with E-state index in [4.69, 9.17) is 4.74 Å². The van der Waals surface area contributed by atoms with Crippen molar-refractivity contribution >= 4 is 5.97 Å². The summed E-state index contributed by atoms with van der Waals surface area (Å²) < 4.78 is 23.1. The minimum Gasteiger partial charge on any atom is -0.489 e. The van der Waals surface area contributed by atoms with E-state index >= 15 is 0 Å². The first kappa shape index (κ1) is 14.1. The molecular formula is C16H15FO3. The Morgan fingerprint density at radius 2 is 1.85 bits per heavy atom. The first-order valence-corrected chi connectivity index (χ1v) is 6.16. The number of carbonyl (C=O) groups excluding carboxylic acids is 1. The molecule has 0 amide bonds. The van der Waals surface area contributed by atoms with Gasteiger partial charge in [0.25, 0.3) is 0 Å². The Balaban J connectivity index is 2.12. The molecule has 0 heterocycles. The first-order chi connectivity index (χ1) is 9.60. The number of hydrogen-bond donors (Lipinski definition) is 0. The fraction of sp³-hybridized carbons (Fsp3) is 0.188. The maximum Gasteiger partial charge on any atom is 0.337 e. The van der Waals surface area contributed by atoms with Crippen LogP contribution in [0.2, 0.25) is 0 Å². The molecular weight excluding hydrogens is 259 g/mol. The van der Waals surface area contributed by atoms with E-state index in [1.807, 2.05) is 6.92 Å². The third-order valence-electron chi connectivity index (χ3n) is 2.92. The molecule has 2 aromatic carbocycles. The monoisotopic (exact) mass is 274 g/mol. The zero-order valence-corrected chi connectivity index (χ0v) is 11.4. The predicted molar refractivity (Wildman–Crippen MR) is 73.3 cm³/mol. The zero-order chi connectivity index (χ0) is 14.5. The van der Waals surface area contributed by atoms with Crippen molar-refractivity contribution in [2.24, 2.45) is 0 Å². The molecule has 0 radical (unpaired) electrons. The molecule has 2 rings (SSSR count). The molecule has 0 N–H and O–H groups in total. The van der Waals surface area contributed by atoms with Crippen LogP contribution < -0.4 is 4.74 Å². The summed E-state index contributed by atoms with van der Waals surface area (Å²) >= 11 is 0. The van der Waals surface area contributed by atoms with E-state index in [0.29, 0.717) is 17.9 Å². The van der Waals surface area contributed by atoms with Crippen LogP contribution in [-0.2, 0) is 11.3 Å². The highest BCUT2D eigenvalue weighted by Gasteiger charge is 2.09. The lowest BCUT2D eigenvalue weighted by atomic mass is 10.1. The van der Waals surface area contributed by atoms with Gasteiger partial charge in [-0.05, 0) is 42.3 Å². The first-order valence-electron chi connectivity index (χ1n) is 6.16. The van der Waals surface area contributed by atoms with E-state index < -0.39 is 5.97 Å². The van der Waals surface area contributed by atoms with E-state index in [9.17, 15) is 9.18 Å². The fourth-order valence-corrected chi connectivity index (χ4v) is 1.74. The maximum absolute atomic E-state index is 12.8. The summed E-state index contributed by atoms with van der Waals surface area (Å²) in [7, 11) is 1.33. The second-order valence-electron chi connectivity index (χ2n) is 4.39. The van der Waals surface area contributed by atoms with E-state index in [1.165, 1.54) is 19.2 Å². The molecule has 0 atom stereocenters. The molecule has 2 aromatic rings. The Labute approximate surface area is 117 Å². The normalized spacial score (nSPS) is 10.2. The lowest BCUT2D eigenvalue weighted by Crippen LogP contribution is -2.03. The fourth-order valence-electron chi connectivity index (χ4n) is 1.74. The second-order valence-corrected chi connectivity index (χ2v) is 4.39. The van der Waals surface area contributed by atoms with Gasteiger partial charge >= 0.3 is 5.97 Å². The highest BCUT2D eigenvalue weighted by Crippen LogP contribution is 2.21. The van der Waals surface area contributed by atoms with Gasteiger partial charge in [-0.15, -0.1) is 0 Å². The third-order valence-corrected chi connectivity index (χ3v) is 2.92. The summed E-state index contributed by atoms with van der Waals surface area (Å²) in [5.41, 5.74) is 2.21. The standard InChI is InChI=1S/C16H15FO3/c1-11-3-6-13(16(18)19-2)9-15(11)20-10-12-4-7-14(17)8-5-12/h3-9H,10H2,1-2H3. The largest absolute Gasteiger partial charge is 0.489 e. The predicted octanol–water partition coefficient (Wildman–Crippen LogP) is 3.50. The van der Waals surface area contributed by atoms with Gasteiger partial charge in [0.1, 0.15) is 18.2 Å². The van der Waals surface area contributed by atoms with Crippen molar-refractivity contribution in [3.05, 3.63) is 65.0 Å². The Bertz CT molecular complexity index is 606. The minimum absolute atomic E-state index is 0.280. The highest BCUT2D eigenvalue weighted by molar-refractivity contribution is 5.89. The van der Waals surface area contributed by atoms with Crippen LogP contribution in [0.3, 0.4) is 0 Å². The van der Waals surface area contributed by atoms with E-state index in [1.54, 1.807) is 30.3 Å². The summed E-state index contributed by atoms with van der Waals surface area (Å²) in [5, 5.41) is 0. The van der Waals surface area contributed by atoms with Crippen molar-refractivity contribution in [1.29, 1.82) is 0 Å². The molecule has 0 aromatic heterocycles. The lowest BCUT2D eigenvalue weighted by Gasteiger charge is -2.10. The number of aryl methyl sites for hydroxylation is 1. The number of methoxy groups -OCH3 is 1. The number of carbonyl (C=O) groups is 1. The van der Waals surface area contributed by atoms with Crippen molar-refractivity contribution in [3.63, 3.8) is 0 Å². The van der Waals surface area contributed by atoms with Gasteiger partial charge < -0.3 is 9.47 Å². The number of rotatable bonds is 4. The molecule has 0 saturated heterocycles. The van der Waals surface area contributed by atoms with Gasteiger partial charge in [0, 0.05) is 0 Å². The van der Waals surface area contributed by atoms with Crippen molar-refractivity contribution in [2.75, 3.05) is 7.11 Å². The van der Waals surface area contributed by atoms with Crippen LogP contribution in [0.1, 0.15) is 21.5 Å². The summed E-state index contributed by atoms with van der Waals surface area (Å²) in [5.74, 6) is -0.0773. The average molecular weight is 274 g/mol. The molecule has 20 heavy (non-hydrogen) atoms. The van der Waals surface area contributed by atoms with E-state index in [0.717, 1.165) is 11.1 Å². The lowest BCUT2D eigenvalue weighted by molar-refractivity contribution is 0.0600. The van der Waals surface area contributed by atoms with Crippen molar-refractivity contribution in [3.8, 4) is 5.75 Å². The van der Waals surface area contributed by atoms with Crippen LogP contribution in [0.4, 0.5) is 4.39 Å². The molecule has 0 aliphatic heterocycles. The number of halogens is 1. The maximum atomic E-state index is 12.8. The Hall–Kier alpha value is -2.36. The molecule has 0 aliphatic carbocycles. The van der Waals surface area contributed by atoms with Crippen LogP contribution in [-0.4, -0.2) is 13.1 Å². The summed E-state index contributed by atoms with van der Waals surface area (Å²) in [4.78, 5) is 11.5. The highest BCUT2D eigenvalue weighted by atomic mass is 19.1.